The number of aryl methyl sites for hydroxylation is 1. The van der Waals surface area contributed by atoms with E-state index in [0.29, 0.717) is 40.9 Å². The van der Waals surface area contributed by atoms with Gasteiger partial charge in [-0.3, -0.25) is 19.3 Å². The van der Waals surface area contributed by atoms with Gasteiger partial charge in [0.25, 0.3) is 11.8 Å². The van der Waals surface area contributed by atoms with Crippen LogP contribution >= 0.6 is 11.8 Å². The van der Waals surface area contributed by atoms with E-state index in [2.05, 4.69) is 24.0 Å². The number of carbonyl (C=O) groups is 3. The second-order valence-electron chi connectivity index (χ2n) is 7.03. The van der Waals surface area contributed by atoms with Crippen LogP contribution in [-0.4, -0.2) is 49.7 Å². The highest BCUT2D eigenvalue weighted by Gasteiger charge is 2.34. The number of thioether (sulfide) groups is 1. The highest BCUT2D eigenvalue weighted by molar-refractivity contribution is 7.99. The summed E-state index contributed by atoms with van der Waals surface area (Å²) in [6.07, 6.45) is 0.657. The number of fused-ring (bicyclic) bond motifs is 1. The van der Waals surface area contributed by atoms with Gasteiger partial charge in [-0.15, -0.1) is 10.2 Å². The molecule has 0 aliphatic carbocycles. The van der Waals surface area contributed by atoms with Gasteiger partial charge in [0.1, 0.15) is 5.82 Å². The first-order chi connectivity index (χ1) is 13.4. The Balaban J connectivity index is 1.65. The maximum atomic E-state index is 12.4. The van der Waals surface area contributed by atoms with Gasteiger partial charge in [-0.1, -0.05) is 37.7 Å². The standard InChI is InChI=1S/C19H23N5O3S/c1-12(2)11-24-16(8-7-15(20)25)21-22-19(24)28-10-9-23-17(26)13-5-3-4-6-14(13)18(23)27/h3-6,12H,7-11H2,1-2H3,(H2,20,25). The van der Waals surface area contributed by atoms with Crippen LogP contribution in [0, 0.1) is 5.92 Å². The molecule has 28 heavy (non-hydrogen) atoms. The van der Waals surface area contributed by atoms with Crippen LogP contribution < -0.4 is 5.73 Å². The van der Waals surface area contributed by atoms with Crippen molar-refractivity contribution in [3.8, 4) is 0 Å². The van der Waals surface area contributed by atoms with Gasteiger partial charge in [0, 0.05) is 31.7 Å². The number of nitrogens with zero attached hydrogens (tertiary/aromatic N) is 4. The fourth-order valence-electron chi connectivity index (χ4n) is 3.06. The monoisotopic (exact) mass is 401 g/mol. The van der Waals surface area contributed by atoms with Crippen molar-refractivity contribution in [1.29, 1.82) is 0 Å². The van der Waals surface area contributed by atoms with Crippen LogP contribution in [0.1, 0.15) is 46.8 Å². The van der Waals surface area contributed by atoms with E-state index in [4.69, 9.17) is 5.73 Å². The minimum absolute atomic E-state index is 0.218. The number of hydrogen-bond acceptors (Lipinski definition) is 6. The van der Waals surface area contributed by atoms with E-state index >= 15 is 0 Å². The normalized spacial score (nSPS) is 13.5. The van der Waals surface area contributed by atoms with Crippen LogP contribution in [0.2, 0.25) is 0 Å². The fraction of sp³-hybridized carbons (Fsp3) is 0.421. The van der Waals surface area contributed by atoms with Crippen molar-refractivity contribution >= 4 is 29.5 Å². The van der Waals surface area contributed by atoms with Gasteiger partial charge in [-0.05, 0) is 18.1 Å². The number of benzene rings is 1. The predicted octanol–water partition coefficient (Wildman–Crippen LogP) is 1.74. The Morgan fingerprint density at radius 2 is 1.79 bits per heavy atom. The Hall–Kier alpha value is -2.68. The molecule has 8 nitrogen and oxygen atoms in total. The van der Waals surface area contributed by atoms with E-state index in [1.165, 1.54) is 16.7 Å². The SMILES string of the molecule is CC(C)Cn1c(CCC(N)=O)nnc1SCCN1C(=O)c2ccccc2C1=O. The molecule has 3 rings (SSSR count). The molecule has 0 spiro atoms. The molecule has 1 aromatic carbocycles. The van der Waals surface area contributed by atoms with Crippen molar-refractivity contribution in [2.45, 2.75) is 38.4 Å². The quantitative estimate of drug-likeness (QED) is 0.506. The molecule has 0 fully saturated rings. The van der Waals surface area contributed by atoms with Crippen LogP contribution in [0.15, 0.2) is 29.4 Å². The van der Waals surface area contributed by atoms with E-state index in [-0.39, 0.29) is 24.1 Å². The number of rotatable bonds is 9. The smallest absolute Gasteiger partial charge is 0.261 e. The van der Waals surface area contributed by atoms with Crippen molar-refractivity contribution in [3.05, 3.63) is 41.2 Å². The summed E-state index contributed by atoms with van der Waals surface area (Å²) >= 11 is 1.44. The summed E-state index contributed by atoms with van der Waals surface area (Å²) in [5.74, 6) is 0.713. The average molecular weight is 401 g/mol. The van der Waals surface area contributed by atoms with E-state index in [0.717, 1.165) is 12.4 Å². The lowest BCUT2D eigenvalue weighted by atomic mass is 10.1. The molecule has 0 bridgehead atoms. The molecule has 0 saturated carbocycles. The zero-order valence-corrected chi connectivity index (χ0v) is 16.7. The topological polar surface area (TPSA) is 111 Å². The molecule has 0 saturated heterocycles. The number of carbonyl (C=O) groups excluding carboxylic acids is 3. The van der Waals surface area contributed by atoms with Gasteiger partial charge in [-0.2, -0.15) is 0 Å². The molecule has 3 amide bonds. The van der Waals surface area contributed by atoms with Crippen LogP contribution in [0.4, 0.5) is 0 Å². The number of primary amides is 1. The van der Waals surface area contributed by atoms with Crippen LogP contribution in [-0.2, 0) is 17.8 Å². The third-order valence-corrected chi connectivity index (χ3v) is 5.31. The maximum Gasteiger partial charge on any atom is 0.261 e. The van der Waals surface area contributed by atoms with Crippen molar-refractivity contribution in [2.75, 3.05) is 12.3 Å². The van der Waals surface area contributed by atoms with Gasteiger partial charge in [-0.25, -0.2) is 0 Å². The lowest BCUT2D eigenvalue weighted by Crippen LogP contribution is -2.31. The molecule has 2 N–H and O–H groups in total. The van der Waals surface area contributed by atoms with Gasteiger partial charge in [0.05, 0.1) is 11.1 Å². The summed E-state index contributed by atoms with van der Waals surface area (Å²) in [5, 5.41) is 9.13. The zero-order valence-electron chi connectivity index (χ0n) is 15.9. The van der Waals surface area contributed by atoms with Crippen molar-refractivity contribution in [3.63, 3.8) is 0 Å². The van der Waals surface area contributed by atoms with Gasteiger partial charge in [0.15, 0.2) is 5.16 Å². The first-order valence-electron chi connectivity index (χ1n) is 9.17. The minimum Gasteiger partial charge on any atom is -0.370 e. The summed E-state index contributed by atoms with van der Waals surface area (Å²) in [7, 11) is 0. The Kier molecular flexibility index (Phi) is 6.13. The maximum absolute atomic E-state index is 12.4. The lowest BCUT2D eigenvalue weighted by Gasteiger charge is -2.15. The molecular weight excluding hydrogens is 378 g/mol. The molecule has 0 radical (unpaired) electrons. The lowest BCUT2D eigenvalue weighted by molar-refractivity contribution is -0.118. The minimum atomic E-state index is -0.376. The largest absolute Gasteiger partial charge is 0.370 e. The Morgan fingerprint density at radius 1 is 1.14 bits per heavy atom. The number of hydrogen-bond donors (Lipinski definition) is 1. The summed E-state index contributed by atoms with van der Waals surface area (Å²) in [6, 6.07) is 6.86. The van der Waals surface area contributed by atoms with Crippen LogP contribution in [0.3, 0.4) is 0 Å². The number of nitrogens with two attached hydrogens (primary N) is 1. The third-order valence-electron chi connectivity index (χ3n) is 4.36. The molecule has 9 heteroatoms. The molecule has 148 valence electrons. The molecule has 2 heterocycles. The second-order valence-corrected chi connectivity index (χ2v) is 8.09. The van der Waals surface area contributed by atoms with E-state index < -0.39 is 0 Å². The summed E-state index contributed by atoms with van der Waals surface area (Å²) in [4.78, 5) is 37.2. The van der Waals surface area contributed by atoms with Crippen molar-refractivity contribution in [2.24, 2.45) is 11.7 Å². The summed E-state index contributed by atoms with van der Waals surface area (Å²) in [5.41, 5.74) is 6.15. The highest BCUT2D eigenvalue weighted by Crippen LogP contribution is 2.24. The third kappa shape index (κ3) is 4.24. The Bertz CT molecular complexity index is 874. The zero-order chi connectivity index (χ0) is 20.3. The molecule has 2 aromatic rings. The number of aromatic nitrogens is 3. The molecule has 0 unspecified atom stereocenters. The summed E-state index contributed by atoms with van der Waals surface area (Å²) < 4.78 is 1.99. The van der Waals surface area contributed by atoms with Crippen molar-refractivity contribution in [1.82, 2.24) is 19.7 Å². The number of imide groups is 1. The molecule has 1 aliphatic rings. The van der Waals surface area contributed by atoms with Gasteiger partial charge < -0.3 is 10.3 Å². The average Bonchev–Trinajstić information content (AvgIpc) is 3.13. The van der Waals surface area contributed by atoms with Crippen LogP contribution in [0.5, 0.6) is 0 Å². The van der Waals surface area contributed by atoms with Crippen molar-refractivity contribution < 1.29 is 14.4 Å². The number of amides is 3. The van der Waals surface area contributed by atoms with Gasteiger partial charge in [0.2, 0.25) is 5.91 Å². The van der Waals surface area contributed by atoms with Crippen LogP contribution in [0.25, 0.3) is 0 Å². The van der Waals surface area contributed by atoms with E-state index in [9.17, 15) is 14.4 Å². The second kappa shape index (κ2) is 8.55. The first-order valence-corrected chi connectivity index (χ1v) is 10.2. The first kappa shape index (κ1) is 20.1. The molecular formula is C19H23N5O3S. The fourth-order valence-corrected chi connectivity index (χ4v) is 3.96. The summed E-state index contributed by atoms with van der Waals surface area (Å²) in [6.45, 7) is 5.19. The van der Waals surface area contributed by atoms with Gasteiger partial charge >= 0.3 is 0 Å². The molecule has 0 atom stereocenters. The Labute approximate surface area is 167 Å². The molecule has 1 aromatic heterocycles. The van der Waals surface area contributed by atoms with E-state index in [1.807, 2.05) is 4.57 Å². The predicted molar refractivity (Wildman–Crippen MR) is 105 cm³/mol. The van der Waals surface area contributed by atoms with E-state index in [1.54, 1.807) is 24.3 Å². The molecule has 1 aliphatic heterocycles. The highest BCUT2D eigenvalue weighted by atomic mass is 32.2. The Morgan fingerprint density at radius 3 is 2.36 bits per heavy atom.